The number of piperidine rings is 1. The lowest BCUT2D eigenvalue weighted by molar-refractivity contribution is 0.194. The summed E-state index contributed by atoms with van der Waals surface area (Å²) in [5, 5.41) is 7.40. The van der Waals surface area contributed by atoms with Crippen molar-refractivity contribution >= 4 is 0 Å². The Kier molecular flexibility index (Phi) is 4.26. The van der Waals surface area contributed by atoms with Crippen LogP contribution < -0.4 is 10.6 Å². The second kappa shape index (κ2) is 5.50. The summed E-state index contributed by atoms with van der Waals surface area (Å²) in [6.07, 6.45) is 9.71. The van der Waals surface area contributed by atoms with Crippen molar-refractivity contribution in [3.05, 3.63) is 0 Å². The molecule has 2 atom stereocenters. The molecule has 1 saturated heterocycles. The fourth-order valence-electron chi connectivity index (χ4n) is 3.28. The summed E-state index contributed by atoms with van der Waals surface area (Å²) in [7, 11) is 0. The average molecular weight is 224 g/mol. The first-order chi connectivity index (χ1) is 7.66. The monoisotopic (exact) mass is 224 g/mol. The van der Waals surface area contributed by atoms with Gasteiger partial charge in [-0.1, -0.05) is 26.7 Å². The number of rotatable bonds is 3. The second-order valence-electron chi connectivity index (χ2n) is 6.51. The van der Waals surface area contributed by atoms with Crippen LogP contribution in [-0.4, -0.2) is 25.2 Å². The van der Waals surface area contributed by atoms with Crippen LogP contribution in [0.3, 0.4) is 0 Å². The minimum Gasteiger partial charge on any atom is -0.313 e. The van der Waals surface area contributed by atoms with Crippen molar-refractivity contribution in [1.82, 2.24) is 10.6 Å². The molecule has 2 nitrogen and oxygen atoms in total. The van der Waals surface area contributed by atoms with E-state index in [0.717, 1.165) is 12.1 Å². The fraction of sp³-hybridized carbons (Fsp3) is 1.00. The van der Waals surface area contributed by atoms with Gasteiger partial charge in [-0.15, -0.1) is 0 Å². The Labute approximate surface area is 101 Å². The molecule has 0 spiro atoms. The molecule has 1 saturated carbocycles. The molecule has 2 aliphatic rings. The van der Waals surface area contributed by atoms with Crippen LogP contribution in [0.4, 0.5) is 0 Å². The van der Waals surface area contributed by atoms with Gasteiger partial charge in [-0.25, -0.2) is 0 Å². The third kappa shape index (κ3) is 3.74. The fourth-order valence-corrected chi connectivity index (χ4v) is 3.28. The lowest BCUT2D eigenvalue weighted by Gasteiger charge is -2.36. The Bertz CT molecular complexity index is 207. The molecule has 1 aliphatic heterocycles. The van der Waals surface area contributed by atoms with Gasteiger partial charge in [0.05, 0.1) is 0 Å². The summed E-state index contributed by atoms with van der Waals surface area (Å²) >= 11 is 0. The first kappa shape index (κ1) is 12.4. The van der Waals surface area contributed by atoms with Gasteiger partial charge in [0.1, 0.15) is 0 Å². The Morgan fingerprint density at radius 3 is 2.75 bits per heavy atom. The van der Waals surface area contributed by atoms with Crippen molar-refractivity contribution in [2.24, 2.45) is 5.41 Å². The molecule has 16 heavy (non-hydrogen) atoms. The summed E-state index contributed by atoms with van der Waals surface area (Å²) in [6.45, 7) is 7.24. The molecule has 0 aromatic carbocycles. The Morgan fingerprint density at radius 2 is 2.06 bits per heavy atom. The van der Waals surface area contributed by atoms with Crippen LogP contribution in [0.25, 0.3) is 0 Å². The van der Waals surface area contributed by atoms with Gasteiger partial charge >= 0.3 is 0 Å². The predicted octanol–water partition coefficient (Wildman–Crippen LogP) is 2.69. The summed E-state index contributed by atoms with van der Waals surface area (Å²) in [4.78, 5) is 0. The molecule has 2 fully saturated rings. The number of hydrogen-bond acceptors (Lipinski definition) is 2. The Hall–Kier alpha value is -0.0800. The van der Waals surface area contributed by atoms with E-state index in [1.54, 1.807) is 0 Å². The third-order valence-corrected chi connectivity index (χ3v) is 4.27. The van der Waals surface area contributed by atoms with E-state index in [1.165, 1.54) is 58.0 Å². The van der Waals surface area contributed by atoms with Crippen molar-refractivity contribution in [1.29, 1.82) is 0 Å². The third-order valence-electron chi connectivity index (χ3n) is 4.27. The maximum Gasteiger partial charge on any atom is 0.0192 e. The van der Waals surface area contributed by atoms with Crippen molar-refractivity contribution in [2.75, 3.05) is 13.1 Å². The zero-order valence-electron chi connectivity index (χ0n) is 11.0. The van der Waals surface area contributed by atoms with Crippen LogP contribution in [0, 0.1) is 5.41 Å². The van der Waals surface area contributed by atoms with Crippen molar-refractivity contribution in [3.63, 3.8) is 0 Å². The molecule has 1 aliphatic carbocycles. The van der Waals surface area contributed by atoms with Gasteiger partial charge < -0.3 is 10.6 Å². The standard InChI is InChI=1S/C14H28N2/c1-14(2)8-5-7-12(10-14)16-11-13-6-3-4-9-15-13/h12-13,15-16H,3-11H2,1-2H3. The summed E-state index contributed by atoms with van der Waals surface area (Å²) < 4.78 is 0. The lowest BCUT2D eigenvalue weighted by Crippen LogP contribution is -2.46. The second-order valence-corrected chi connectivity index (χ2v) is 6.51. The van der Waals surface area contributed by atoms with E-state index >= 15 is 0 Å². The van der Waals surface area contributed by atoms with Gasteiger partial charge in [-0.05, 0) is 44.1 Å². The van der Waals surface area contributed by atoms with E-state index < -0.39 is 0 Å². The molecule has 0 aromatic rings. The minimum absolute atomic E-state index is 0.565. The number of hydrogen-bond donors (Lipinski definition) is 2. The van der Waals surface area contributed by atoms with E-state index in [2.05, 4.69) is 24.5 Å². The quantitative estimate of drug-likeness (QED) is 0.770. The van der Waals surface area contributed by atoms with Crippen LogP contribution in [0.15, 0.2) is 0 Å². The molecule has 2 N–H and O–H groups in total. The summed E-state index contributed by atoms with van der Waals surface area (Å²) in [5.74, 6) is 0. The maximum absolute atomic E-state index is 3.78. The van der Waals surface area contributed by atoms with Crippen LogP contribution >= 0.6 is 0 Å². The SMILES string of the molecule is CC1(C)CCCC(NCC2CCCCN2)C1. The molecular formula is C14H28N2. The summed E-state index contributed by atoms with van der Waals surface area (Å²) in [6, 6.07) is 1.51. The molecule has 1 heterocycles. The molecule has 2 unspecified atom stereocenters. The van der Waals surface area contributed by atoms with Crippen molar-refractivity contribution < 1.29 is 0 Å². The predicted molar refractivity (Wildman–Crippen MR) is 69.7 cm³/mol. The molecule has 2 heteroatoms. The molecule has 2 rings (SSSR count). The van der Waals surface area contributed by atoms with Gasteiger partial charge in [-0.2, -0.15) is 0 Å². The highest BCUT2D eigenvalue weighted by Gasteiger charge is 2.28. The Balaban J connectivity index is 1.68. The molecule has 0 bridgehead atoms. The molecular weight excluding hydrogens is 196 g/mol. The first-order valence-electron chi connectivity index (χ1n) is 7.12. The van der Waals surface area contributed by atoms with Crippen molar-refractivity contribution in [3.8, 4) is 0 Å². The van der Waals surface area contributed by atoms with Crippen LogP contribution in [-0.2, 0) is 0 Å². The van der Waals surface area contributed by atoms with E-state index in [4.69, 9.17) is 0 Å². The van der Waals surface area contributed by atoms with E-state index in [9.17, 15) is 0 Å². The van der Waals surface area contributed by atoms with Gasteiger partial charge in [0, 0.05) is 18.6 Å². The van der Waals surface area contributed by atoms with E-state index in [-0.39, 0.29) is 0 Å². The summed E-state index contributed by atoms with van der Waals surface area (Å²) in [5.41, 5.74) is 0.565. The van der Waals surface area contributed by atoms with Crippen LogP contribution in [0.1, 0.15) is 58.8 Å². The maximum atomic E-state index is 3.78. The van der Waals surface area contributed by atoms with Crippen LogP contribution in [0.5, 0.6) is 0 Å². The average Bonchev–Trinajstić information content (AvgIpc) is 2.27. The molecule has 0 aromatic heterocycles. The largest absolute Gasteiger partial charge is 0.313 e. The van der Waals surface area contributed by atoms with E-state index in [1.807, 2.05) is 0 Å². The normalized spacial score (nSPS) is 34.9. The zero-order valence-corrected chi connectivity index (χ0v) is 11.0. The molecule has 0 amide bonds. The van der Waals surface area contributed by atoms with Crippen molar-refractivity contribution in [2.45, 2.75) is 70.9 Å². The highest BCUT2D eigenvalue weighted by Crippen LogP contribution is 2.35. The first-order valence-corrected chi connectivity index (χ1v) is 7.12. The van der Waals surface area contributed by atoms with Gasteiger partial charge in [-0.3, -0.25) is 0 Å². The van der Waals surface area contributed by atoms with Gasteiger partial charge in [0.15, 0.2) is 0 Å². The highest BCUT2D eigenvalue weighted by atomic mass is 15.0. The lowest BCUT2D eigenvalue weighted by atomic mass is 9.75. The van der Waals surface area contributed by atoms with E-state index in [0.29, 0.717) is 5.41 Å². The number of nitrogens with one attached hydrogen (secondary N) is 2. The van der Waals surface area contributed by atoms with Gasteiger partial charge in [0.2, 0.25) is 0 Å². The zero-order chi connectivity index (χ0) is 11.4. The van der Waals surface area contributed by atoms with Crippen LogP contribution in [0.2, 0.25) is 0 Å². The van der Waals surface area contributed by atoms with Gasteiger partial charge in [0.25, 0.3) is 0 Å². The highest BCUT2D eigenvalue weighted by molar-refractivity contribution is 4.85. The molecule has 94 valence electrons. The molecule has 0 radical (unpaired) electrons. The smallest absolute Gasteiger partial charge is 0.0192 e. The topological polar surface area (TPSA) is 24.1 Å². The minimum atomic E-state index is 0.565. The Morgan fingerprint density at radius 1 is 1.19 bits per heavy atom.